The van der Waals surface area contributed by atoms with Gasteiger partial charge in [0.25, 0.3) is 5.91 Å². The maximum atomic E-state index is 12.2. The van der Waals surface area contributed by atoms with E-state index in [1.165, 1.54) is 0 Å². The van der Waals surface area contributed by atoms with Crippen LogP contribution in [0.1, 0.15) is 6.42 Å². The Labute approximate surface area is 145 Å². The van der Waals surface area contributed by atoms with E-state index in [-0.39, 0.29) is 12.5 Å². The number of imidazole rings is 1. The van der Waals surface area contributed by atoms with Crippen LogP contribution in [0.25, 0.3) is 11.0 Å². The van der Waals surface area contributed by atoms with Crippen LogP contribution in [0.2, 0.25) is 0 Å². The van der Waals surface area contributed by atoms with Gasteiger partial charge in [-0.3, -0.25) is 4.79 Å². The van der Waals surface area contributed by atoms with E-state index in [9.17, 15) is 4.79 Å². The highest BCUT2D eigenvalue weighted by Crippen LogP contribution is 2.30. The van der Waals surface area contributed by atoms with Gasteiger partial charge in [-0.15, -0.1) is 0 Å². The number of ether oxygens (including phenoxy) is 2. The van der Waals surface area contributed by atoms with Crippen molar-refractivity contribution in [2.24, 2.45) is 0 Å². The molecule has 1 N–H and O–H groups in total. The van der Waals surface area contributed by atoms with Crippen LogP contribution >= 0.6 is 0 Å². The molecule has 0 aliphatic carbocycles. The fraction of sp³-hybridized carbons (Fsp3) is 0.263. The van der Waals surface area contributed by atoms with E-state index in [2.05, 4.69) is 14.9 Å². The molecule has 25 heavy (non-hydrogen) atoms. The third-order valence-electron chi connectivity index (χ3n) is 4.20. The molecule has 0 saturated carbocycles. The van der Waals surface area contributed by atoms with Crippen molar-refractivity contribution in [2.45, 2.75) is 19.1 Å². The number of nitrogens with one attached hydrogen (secondary N) is 1. The molecule has 1 aromatic heterocycles. The van der Waals surface area contributed by atoms with Crippen molar-refractivity contribution in [1.29, 1.82) is 0 Å². The Balaban J connectivity index is 1.27. The molecule has 1 amide bonds. The third kappa shape index (κ3) is 3.28. The summed E-state index contributed by atoms with van der Waals surface area (Å²) in [6.45, 7) is 1.60. The molecule has 128 valence electrons. The average Bonchev–Trinajstić information content (AvgIpc) is 3.08. The fourth-order valence-corrected chi connectivity index (χ4v) is 2.91. The van der Waals surface area contributed by atoms with Crippen LogP contribution in [0.4, 0.5) is 0 Å². The van der Waals surface area contributed by atoms with Gasteiger partial charge in [0.05, 0.1) is 17.4 Å². The topological polar surface area (TPSA) is 65.4 Å². The number of aryl methyl sites for hydroxylation is 1. The molecule has 0 radical (unpaired) electrons. The summed E-state index contributed by atoms with van der Waals surface area (Å²) < 4.78 is 13.4. The molecule has 2 aromatic carbocycles. The molecule has 1 aliphatic heterocycles. The third-order valence-corrected chi connectivity index (χ3v) is 4.20. The van der Waals surface area contributed by atoms with Gasteiger partial charge < -0.3 is 19.4 Å². The van der Waals surface area contributed by atoms with E-state index in [4.69, 9.17) is 9.47 Å². The summed E-state index contributed by atoms with van der Waals surface area (Å²) in [5, 5.41) is 2.92. The van der Waals surface area contributed by atoms with E-state index in [1.807, 2.05) is 48.8 Å². The Morgan fingerprint density at radius 3 is 2.88 bits per heavy atom. The van der Waals surface area contributed by atoms with Crippen molar-refractivity contribution < 1.29 is 14.3 Å². The van der Waals surface area contributed by atoms with Gasteiger partial charge in [-0.2, -0.15) is 0 Å². The number of carbonyl (C=O) groups is 1. The molecule has 0 fully saturated rings. The Morgan fingerprint density at radius 2 is 1.96 bits per heavy atom. The van der Waals surface area contributed by atoms with Crippen LogP contribution in [0.3, 0.4) is 0 Å². The first-order valence-corrected chi connectivity index (χ1v) is 8.37. The fourth-order valence-electron chi connectivity index (χ4n) is 2.91. The summed E-state index contributed by atoms with van der Waals surface area (Å²) in [5.41, 5.74) is 2.09. The van der Waals surface area contributed by atoms with Gasteiger partial charge in [0.2, 0.25) is 6.10 Å². The molecule has 6 nitrogen and oxygen atoms in total. The summed E-state index contributed by atoms with van der Waals surface area (Å²) in [6.07, 6.45) is 2.04. The molecule has 0 spiro atoms. The minimum absolute atomic E-state index is 0.148. The van der Waals surface area contributed by atoms with E-state index in [0.717, 1.165) is 24.0 Å². The molecular formula is C19H19N3O3. The zero-order chi connectivity index (χ0) is 17.1. The van der Waals surface area contributed by atoms with Crippen LogP contribution in [-0.4, -0.2) is 34.7 Å². The number of para-hydroxylation sites is 4. The van der Waals surface area contributed by atoms with Gasteiger partial charge in [-0.1, -0.05) is 24.3 Å². The highest BCUT2D eigenvalue weighted by atomic mass is 16.6. The number of nitrogens with zero attached hydrogens (tertiary/aromatic N) is 2. The van der Waals surface area contributed by atoms with Crippen molar-refractivity contribution in [3.8, 4) is 11.5 Å². The van der Waals surface area contributed by atoms with Crippen LogP contribution in [0.5, 0.6) is 11.5 Å². The van der Waals surface area contributed by atoms with Gasteiger partial charge >= 0.3 is 0 Å². The number of hydrogen-bond donors (Lipinski definition) is 1. The smallest absolute Gasteiger partial charge is 0.264 e. The van der Waals surface area contributed by atoms with Crippen molar-refractivity contribution in [1.82, 2.24) is 14.9 Å². The molecule has 1 atom stereocenters. The summed E-state index contributed by atoms with van der Waals surface area (Å²) in [7, 11) is 0. The lowest BCUT2D eigenvalue weighted by molar-refractivity contribution is -0.130. The maximum Gasteiger partial charge on any atom is 0.264 e. The molecular weight excluding hydrogens is 318 g/mol. The van der Waals surface area contributed by atoms with Gasteiger partial charge in [-0.25, -0.2) is 4.98 Å². The number of fused-ring (bicyclic) bond motifs is 2. The molecule has 3 aromatic rings. The predicted molar refractivity (Wildman–Crippen MR) is 93.7 cm³/mol. The van der Waals surface area contributed by atoms with Crippen molar-refractivity contribution in [3.63, 3.8) is 0 Å². The normalized spacial score (nSPS) is 15.9. The van der Waals surface area contributed by atoms with Gasteiger partial charge in [0, 0.05) is 13.1 Å². The monoisotopic (exact) mass is 337 g/mol. The minimum atomic E-state index is -0.607. The predicted octanol–water partition coefficient (Wildman–Crippen LogP) is 2.38. The molecule has 2 heterocycles. The Hall–Kier alpha value is -3.02. The average molecular weight is 337 g/mol. The lowest BCUT2D eigenvalue weighted by Gasteiger charge is -2.25. The summed E-state index contributed by atoms with van der Waals surface area (Å²) in [5.74, 6) is 1.14. The van der Waals surface area contributed by atoms with Crippen LogP contribution in [-0.2, 0) is 11.3 Å². The van der Waals surface area contributed by atoms with Crippen LogP contribution < -0.4 is 14.8 Å². The maximum absolute atomic E-state index is 12.2. The molecule has 0 saturated heterocycles. The second-order valence-corrected chi connectivity index (χ2v) is 5.94. The molecule has 1 aliphatic rings. The van der Waals surface area contributed by atoms with E-state index in [1.54, 1.807) is 6.07 Å². The molecule has 6 heteroatoms. The second-order valence-electron chi connectivity index (χ2n) is 5.94. The number of carbonyl (C=O) groups excluding carboxylic acids is 1. The minimum Gasteiger partial charge on any atom is -0.485 e. The van der Waals surface area contributed by atoms with Crippen LogP contribution in [0, 0.1) is 0 Å². The van der Waals surface area contributed by atoms with E-state index in [0.29, 0.717) is 18.0 Å². The number of benzene rings is 2. The zero-order valence-corrected chi connectivity index (χ0v) is 13.7. The van der Waals surface area contributed by atoms with Crippen molar-refractivity contribution in [2.75, 3.05) is 13.2 Å². The zero-order valence-electron chi connectivity index (χ0n) is 13.7. The number of rotatable bonds is 5. The summed E-state index contributed by atoms with van der Waals surface area (Å²) in [6, 6.07) is 15.4. The van der Waals surface area contributed by atoms with E-state index < -0.39 is 6.10 Å². The van der Waals surface area contributed by atoms with E-state index >= 15 is 0 Å². The van der Waals surface area contributed by atoms with Crippen molar-refractivity contribution in [3.05, 3.63) is 54.9 Å². The molecule has 0 unspecified atom stereocenters. The van der Waals surface area contributed by atoms with Crippen molar-refractivity contribution >= 4 is 16.9 Å². The van der Waals surface area contributed by atoms with Crippen LogP contribution in [0.15, 0.2) is 54.9 Å². The molecule has 4 rings (SSSR count). The standard InChI is InChI=1S/C19H19N3O3/c23-19(18-12-24-16-8-3-4-9-17(16)25-18)20-10-5-11-22-13-21-14-6-1-2-7-15(14)22/h1-4,6-9,13,18H,5,10-12H2,(H,20,23)/t18-/m1/s1. The first-order chi connectivity index (χ1) is 12.3. The number of amides is 1. The Kier molecular flexibility index (Phi) is 4.24. The first-order valence-electron chi connectivity index (χ1n) is 8.37. The largest absolute Gasteiger partial charge is 0.485 e. The SMILES string of the molecule is O=C(NCCCn1cnc2ccccc21)[C@H]1COc2ccccc2O1. The van der Waals surface area contributed by atoms with Gasteiger partial charge in [0.1, 0.15) is 6.61 Å². The van der Waals surface area contributed by atoms with Gasteiger partial charge in [-0.05, 0) is 30.7 Å². The number of aromatic nitrogens is 2. The highest BCUT2D eigenvalue weighted by Gasteiger charge is 2.26. The first kappa shape index (κ1) is 15.5. The highest BCUT2D eigenvalue weighted by molar-refractivity contribution is 5.81. The summed E-state index contributed by atoms with van der Waals surface area (Å²) >= 11 is 0. The Bertz CT molecular complexity index is 890. The Morgan fingerprint density at radius 1 is 1.16 bits per heavy atom. The molecule has 0 bridgehead atoms. The lowest BCUT2D eigenvalue weighted by atomic mass is 10.2. The lowest BCUT2D eigenvalue weighted by Crippen LogP contribution is -2.44. The summed E-state index contributed by atoms with van der Waals surface area (Å²) in [4.78, 5) is 16.6. The van der Waals surface area contributed by atoms with Gasteiger partial charge in [0.15, 0.2) is 11.5 Å². The quantitative estimate of drug-likeness (QED) is 0.726. The second kappa shape index (κ2) is 6.84. The number of hydrogen-bond acceptors (Lipinski definition) is 4.